The number of piperidine rings is 1. The van der Waals surface area contributed by atoms with Gasteiger partial charge in [0.25, 0.3) is 11.8 Å². The average molecular weight is 331 g/mol. The lowest BCUT2D eigenvalue weighted by Gasteiger charge is -2.34. The fourth-order valence-electron chi connectivity index (χ4n) is 2.99. The molecule has 3 rings (SSSR count). The number of aryl methyl sites for hydroxylation is 1. The third-order valence-corrected chi connectivity index (χ3v) is 4.88. The fraction of sp³-hybridized carbons (Fsp3) is 0.556. The van der Waals surface area contributed by atoms with Gasteiger partial charge >= 0.3 is 0 Å². The van der Waals surface area contributed by atoms with Crippen molar-refractivity contribution in [2.45, 2.75) is 44.2 Å². The molecule has 130 valence electrons. The van der Waals surface area contributed by atoms with Crippen LogP contribution in [0.2, 0.25) is 0 Å². The minimum atomic E-state index is -0.802. The van der Waals surface area contributed by atoms with Crippen LogP contribution in [0.5, 0.6) is 0 Å². The van der Waals surface area contributed by atoms with Gasteiger partial charge in [0, 0.05) is 24.4 Å². The monoisotopic (exact) mass is 331 g/mol. The summed E-state index contributed by atoms with van der Waals surface area (Å²) in [5, 5.41) is 9.17. The van der Waals surface area contributed by atoms with Gasteiger partial charge in [-0.15, -0.1) is 0 Å². The van der Waals surface area contributed by atoms with E-state index in [-0.39, 0.29) is 11.8 Å². The molecule has 1 saturated heterocycles. The van der Waals surface area contributed by atoms with Crippen LogP contribution in [-0.4, -0.2) is 43.7 Å². The van der Waals surface area contributed by atoms with E-state index in [1.54, 1.807) is 19.2 Å². The lowest BCUT2D eigenvalue weighted by Crippen LogP contribution is -2.51. The van der Waals surface area contributed by atoms with Gasteiger partial charge < -0.3 is 20.7 Å². The number of ether oxygens (including phenoxy) is 1. The maximum absolute atomic E-state index is 12.8. The van der Waals surface area contributed by atoms with Crippen molar-refractivity contribution in [2.24, 2.45) is 0 Å². The molecule has 0 unspecified atom stereocenters. The third-order valence-electron chi connectivity index (χ3n) is 4.88. The number of hydrogen-bond donors (Lipinski definition) is 3. The first kappa shape index (κ1) is 16.9. The van der Waals surface area contributed by atoms with E-state index in [0.717, 1.165) is 31.5 Å². The Morgan fingerprint density at radius 3 is 2.58 bits per heavy atom. The Kier molecular flexibility index (Phi) is 4.87. The first-order chi connectivity index (χ1) is 11.5. The lowest BCUT2D eigenvalue weighted by atomic mass is 9.91. The van der Waals surface area contributed by atoms with Crippen LogP contribution in [-0.2, 0) is 9.53 Å². The molecule has 6 nitrogen and oxygen atoms in total. The van der Waals surface area contributed by atoms with Gasteiger partial charge in [-0.05, 0) is 63.4 Å². The largest absolute Gasteiger partial charge is 0.368 e. The van der Waals surface area contributed by atoms with Crippen LogP contribution in [0.1, 0.15) is 41.6 Å². The molecule has 1 heterocycles. The minimum absolute atomic E-state index is 0.0867. The van der Waals surface area contributed by atoms with Crippen molar-refractivity contribution in [3.05, 3.63) is 29.3 Å². The summed E-state index contributed by atoms with van der Waals surface area (Å²) in [6.45, 7) is 3.42. The SMILES string of the molecule is COC1(C(=O)Nc2cc(C(=O)NC3CC3)ccc2C)CCNCC1. The summed E-state index contributed by atoms with van der Waals surface area (Å²) in [7, 11) is 1.58. The number of carbonyl (C=O) groups is 2. The predicted octanol–water partition coefficient (Wildman–Crippen LogP) is 1.59. The third kappa shape index (κ3) is 3.60. The molecule has 6 heteroatoms. The van der Waals surface area contributed by atoms with Crippen molar-refractivity contribution < 1.29 is 14.3 Å². The summed E-state index contributed by atoms with van der Waals surface area (Å²) in [6.07, 6.45) is 3.36. The molecule has 1 saturated carbocycles. The van der Waals surface area contributed by atoms with Crippen LogP contribution in [0, 0.1) is 6.92 Å². The van der Waals surface area contributed by atoms with E-state index in [4.69, 9.17) is 4.74 Å². The van der Waals surface area contributed by atoms with E-state index in [1.807, 2.05) is 13.0 Å². The Balaban J connectivity index is 1.75. The van der Waals surface area contributed by atoms with Crippen LogP contribution < -0.4 is 16.0 Å². The molecule has 0 radical (unpaired) electrons. The van der Waals surface area contributed by atoms with Gasteiger partial charge in [0.2, 0.25) is 0 Å². The molecule has 0 spiro atoms. The van der Waals surface area contributed by atoms with E-state index < -0.39 is 5.60 Å². The average Bonchev–Trinajstić information content (AvgIpc) is 3.41. The van der Waals surface area contributed by atoms with Gasteiger partial charge in [-0.1, -0.05) is 6.07 Å². The van der Waals surface area contributed by atoms with Crippen LogP contribution in [0.15, 0.2) is 18.2 Å². The number of hydrogen-bond acceptors (Lipinski definition) is 4. The Morgan fingerprint density at radius 2 is 1.96 bits per heavy atom. The highest BCUT2D eigenvalue weighted by atomic mass is 16.5. The molecule has 0 aromatic heterocycles. The number of benzene rings is 1. The topological polar surface area (TPSA) is 79.5 Å². The van der Waals surface area contributed by atoms with Crippen LogP contribution in [0.3, 0.4) is 0 Å². The Hall–Kier alpha value is -1.92. The van der Waals surface area contributed by atoms with Gasteiger partial charge in [-0.2, -0.15) is 0 Å². The van der Waals surface area contributed by atoms with Gasteiger partial charge in [-0.3, -0.25) is 9.59 Å². The van der Waals surface area contributed by atoms with Crippen LogP contribution in [0.25, 0.3) is 0 Å². The van der Waals surface area contributed by atoms with Gasteiger partial charge in [-0.25, -0.2) is 0 Å². The molecule has 0 bridgehead atoms. The number of carbonyl (C=O) groups excluding carboxylic acids is 2. The maximum Gasteiger partial charge on any atom is 0.256 e. The van der Waals surface area contributed by atoms with E-state index in [1.165, 1.54) is 0 Å². The maximum atomic E-state index is 12.8. The molecule has 2 aliphatic rings. The standard InChI is InChI=1S/C18H25N3O3/c1-12-3-4-13(16(22)20-14-5-6-14)11-15(12)21-17(23)18(24-2)7-9-19-10-8-18/h3-4,11,14,19H,5-10H2,1-2H3,(H,20,22)(H,21,23). The quantitative estimate of drug-likeness (QED) is 0.766. The fourth-order valence-corrected chi connectivity index (χ4v) is 2.99. The molecule has 1 aromatic rings. The summed E-state index contributed by atoms with van der Waals surface area (Å²) in [6, 6.07) is 5.71. The molecule has 0 atom stereocenters. The second kappa shape index (κ2) is 6.91. The molecule has 2 amide bonds. The minimum Gasteiger partial charge on any atom is -0.368 e. The normalized spacial score (nSPS) is 19.6. The summed E-state index contributed by atoms with van der Waals surface area (Å²) in [4.78, 5) is 25.0. The van der Waals surface area contributed by atoms with Crippen LogP contribution >= 0.6 is 0 Å². The van der Waals surface area contributed by atoms with Gasteiger partial charge in [0.1, 0.15) is 5.60 Å². The lowest BCUT2D eigenvalue weighted by molar-refractivity contribution is -0.140. The van der Waals surface area contributed by atoms with Crippen molar-refractivity contribution in [3.8, 4) is 0 Å². The second-order valence-electron chi connectivity index (χ2n) is 6.68. The molecular weight excluding hydrogens is 306 g/mol. The summed E-state index contributed by atoms with van der Waals surface area (Å²) in [5.74, 6) is -0.231. The second-order valence-corrected chi connectivity index (χ2v) is 6.68. The first-order valence-electron chi connectivity index (χ1n) is 8.53. The highest BCUT2D eigenvalue weighted by Gasteiger charge is 2.39. The molecule has 2 fully saturated rings. The molecule has 1 aromatic carbocycles. The zero-order valence-corrected chi connectivity index (χ0v) is 14.3. The molecule has 3 N–H and O–H groups in total. The number of rotatable bonds is 5. The molecule has 1 aliphatic heterocycles. The highest BCUT2D eigenvalue weighted by molar-refractivity contribution is 6.00. The van der Waals surface area contributed by atoms with Gasteiger partial charge in [0.15, 0.2) is 0 Å². The zero-order chi connectivity index (χ0) is 17.2. The summed E-state index contributed by atoms with van der Waals surface area (Å²) in [5.41, 5.74) is 1.36. The molecule has 24 heavy (non-hydrogen) atoms. The van der Waals surface area contributed by atoms with Crippen molar-refractivity contribution in [2.75, 3.05) is 25.5 Å². The van der Waals surface area contributed by atoms with Crippen molar-refractivity contribution in [1.29, 1.82) is 0 Å². The van der Waals surface area contributed by atoms with Crippen LogP contribution in [0.4, 0.5) is 5.69 Å². The van der Waals surface area contributed by atoms with Gasteiger partial charge in [0.05, 0.1) is 0 Å². The number of nitrogens with one attached hydrogen (secondary N) is 3. The Bertz CT molecular complexity index is 634. The predicted molar refractivity (Wildman–Crippen MR) is 92.1 cm³/mol. The summed E-state index contributed by atoms with van der Waals surface area (Å²) >= 11 is 0. The number of methoxy groups -OCH3 is 1. The van der Waals surface area contributed by atoms with Crippen molar-refractivity contribution >= 4 is 17.5 Å². The summed E-state index contributed by atoms with van der Waals surface area (Å²) < 4.78 is 5.56. The van der Waals surface area contributed by atoms with E-state index >= 15 is 0 Å². The Morgan fingerprint density at radius 1 is 1.25 bits per heavy atom. The van der Waals surface area contributed by atoms with Crippen molar-refractivity contribution in [3.63, 3.8) is 0 Å². The van der Waals surface area contributed by atoms with E-state index in [0.29, 0.717) is 30.1 Å². The van der Waals surface area contributed by atoms with Crippen molar-refractivity contribution in [1.82, 2.24) is 10.6 Å². The number of anilines is 1. The van der Waals surface area contributed by atoms with E-state index in [9.17, 15) is 9.59 Å². The van der Waals surface area contributed by atoms with E-state index in [2.05, 4.69) is 16.0 Å². The molecule has 1 aliphatic carbocycles. The first-order valence-corrected chi connectivity index (χ1v) is 8.53. The number of amides is 2. The Labute approximate surface area is 142 Å². The zero-order valence-electron chi connectivity index (χ0n) is 14.3. The highest BCUT2D eigenvalue weighted by Crippen LogP contribution is 2.26. The smallest absolute Gasteiger partial charge is 0.256 e. The molecular formula is C18H25N3O3.